The normalized spacial score (nSPS) is 20.6. The number of rotatable bonds is 4. The second kappa shape index (κ2) is 5.09. The molecule has 0 fully saturated rings. The third-order valence-corrected chi connectivity index (χ3v) is 3.92. The Morgan fingerprint density at radius 1 is 1.38 bits per heavy atom. The predicted molar refractivity (Wildman–Crippen MR) is 68.3 cm³/mol. The summed E-state index contributed by atoms with van der Waals surface area (Å²) in [6.07, 6.45) is 1.14. The molecular weight excluding hydrogens is 220 g/mol. The molecule has 1 heterocycles. The number of fused-ring (bicyclic) bond motifs is 1. The van der Waals surface area contributed by atoms with Crippen molar-refractivity contribution in [1.82, 2.24) is 0 Å². The van der Waals surface area contributed by atoms with E-state index < -0.39 is 0 Å². The quantitative estimate of drug-likeness (QED) is 0.719. The zero-order valence-corrected chi connectivity index (χ0v) is 10.7. The van der Waals surface area contributed by atoms with Gasteiger partial charge in [0.1, 0.15) is 5.75 Å². The van der Waals surface area contributed by atoms with Gasteiger partial charge in [-0.1, -0.05) is 32.0 Å². The van der Waals surface area contributed by atoms with Crippen molar-refractivity contribution < 1.29 is 4.74 Å². The molecular formula is C14H19ClO. The number of hydrogen-bond acceptors (Lipinski definition) is 1. The molecule has 88 valence electrons. The highest BCUT2D eigenvalue weighted by molar-refractivity contribution is 6.18. The third-order valence-electron chi connectivity index (χ3n) is 3.53. The number of benzene rings is 1. The highest BCUT2D eigenvalue weighted by Crippen LogP contribution is 2.38. The molecule has 2 atom stereocenters. The van der Waals surface area contributed by atoms with E-state index in [1.54, 1.807) is 0 Å². The van der Waals surface area contributed by atoms with Crippen LogP contribution in [-0.2, 0) is 0 Å². The Labute approximate surface area is 103 Å². The maximum Gasteiger partial charge on any atom is 0.122 e. The van der Waals surface area contributed by atoms with Crippen LogP contribution in [0.1, 0.15) is 31.7 Å². The van der Waals surface area contributed by atoms with Gasteiger partial charge in [0.15, 0.2) is 0 Å². The van der Waals surface area contributed by atoms with E-state index in [9.17, 15) is 0 Å². The number of halogens is 1. The van der Waals surface area contributed by atoms with Crippen LogP contribution in [0.25, 0.3) is 0 Å². The van der Waals surface area contributed by atoms with E-state index in [2.05, 4.69) is 32.0 Å². The molecule has 0 aliphatic carbocycles. The molecule has 0 saturated heterocycles. The minimum atomic E-state index is 0.530. The van der Waals surface area contributed by atoms with Crippen LogP contribution in [0.5, 0.6) is 5.75 Å². The van der Waals surface area contributed by atoms with Gasteiger partial charge >= 0.3 is 0 Å². The van der Waals surface area contributed by atoms with Crippen molar-refractivity contribution >= 4 is 11.6 Å². The van der Waals surface area contributed by atoms with Gasteiger partial charge < -0.3 is 4.74 Å². The summed E-state index contributed by atoms with van der Waals surface area (Å²) in [5.41, 5.74) is 1.36. The molecule has 1 aliphatic heterocycles. The summed E-state index contributed by atoms with van der Waals surface area (Å²) >= 11 is 6.03. The lowest BCUT2D eigenvalue weighted by Gasteiger charge is -2.21. The van der Waals surface area contributed by atoms with E-state index >= 15 is 0 Å². The van der Waals surface area contributed by atoms with Gasteiger partial charge in [0.05, 0.1) is 6.61 Å². The van der Waals surface area contributed by atoms with Crippen LogP contribution in [0, 0.1) is 11.8 Å². The van der Waals surface area contributed by atoms with E-state index in [1.165, 1.54) is 5.56 Å². The molecule has 2 heteroatoms. The Kier molecular flexibility index (Phi) is 3.75. The van der Waals surface area contributed by atoms with Crippen molar-refractivity contribution in [2.75, 3.05) is 12.5 Å². The van der Waals surface area contributed by atoms with Crippen LogP contribution < -0.4 is 4.74 Å². The van der Waals surface area contributed by atoms with E-state index in [0.717, 1.165) is 24.7 Å². The molecule has 0 amide bonds. The molecule has 0 saturated carbocycles. The smallest absolute Gasteiger partial charge is 0.122 e. The molecule has 1 aromatic rings. The lowest BCUT2D eigenvalue weighted by Crippen LogP contribution is -2.15. The van der Waals surface area contributed by atoms with Crippen molar-refractivity contribution in [1.29, 1.82) is 0 Å². The first-order chi connectivity index (χ1) is 7.72. The number of para-hydroxylation sites is 1. The summed E-state index contributed by atoms with van der Waals surface area (Å²) in [5, 5.41) is 0. The van der Waals surface area contributed by atoms with Crippen LogP contribution in [-0.4, -0.2) is 12.5 Å². The van der Waals surface area contributed by atoms with Crippen molar-refractivity contribution in [2.24, 2.45) is 11.8 Å². The highest BCUT2D eigenvalue weighted by Gasteiger charge is 2.27. The Hall–Kier alpha value is -0.690. The molecule has 0 N–H and O–H groups in total. The first-order valence-electron chi connectivity index (χ1n) is 6.00. The molecule has 2 unspecified atom stereocenters. The van der Waals surface area contributed by atoms with Gasteiger partial charge in [-0.25, -0.2) is 0 Å². The minimum Gasteiger partial charge on any atom is -0.493 e. The van der Waals surface area contributed by atoms with Crippen LogP contribution >= 0.6 is 11.6 Å². The van der Waals surface area contributed by atoms with Crippen molar-refractivity contribution in [3.63, 3.8) is 0 Å². The number of hydrogen-bond donors (Lipinski definition) is 0. The second-order valence-electron chi connectivity index (χ2n) is 4.94. The Balaban J connectivity index is 2.08. The van der Waals surface area contributed by atoms with Crippen molar-refractivity contribution in [2.45, 2.75) is 26.2 Å². The van der Waals surface area contributed by atoms with Gasteiger partial charge in [0.2, 0.25) is 0 Å². The van der Waals surface area contributed by atoms with Gasteiger partial charge in [-0.2, -0.15) is 0 Å². The standard InChI is InChI=1S/C14H19ClO/c1-10(2)11(8-15)7-12-9-16-14-6-4-3-5-13(12)14/h3-6,10-12H,7-9H2,1-2H3. The second-order valence-corrected chi connectivity index (χ2v) is 5.25. The number of alkyl halides is 1. The van der Waals surface area contributed by atoms with Crippen LogP contribution in [0.3, 0.4) is 0 Å². The monoisotopic (exact) mass is 238 g/mol. The fourth-order valence-corrected chi connectivity index (χ4v) is 2.79. The largest absolute Gasteiger partial charge is 0.493 e. The zero-order valence-electron chi connectivity index (χ0n) is 9.95. The Morgan fingerprint density at radius 2 is 2.12 bits per heavy atom. The fraction of sp³-hybridized carbons (Fsp3) is 0.571. The maximum absolute atomic E-state index is 6.03. The molecule has 1 aromatic carbocycles. The summed E-state index contributed by atoms with van der Waals surface area (Å²) < 4.78 is 5.69. The Bertz CT molecular complexity index is 348. The van der Waals surface area contributed by atoms with Gasteiger partial charge in [-0.05, 0) is 24.3 Å². The molecule has 0 bridgehead atoms. The minimum absolute atomic E-state index is 0.530. The van der Waals surface area contributed by atoms with E-state index in [0.29, 0.717) is 17.8 Å². The fourth-order valence-electron chi connectivity index (χ4n) is 2.30. The number of ether oxygens (including phenoxy) is 1. The van der Waals surface area contributed by atoms with Gasteiger partial charge in [-0.3, -0.25) is 0 Å². The van der Waals surface area contributed by atoms with Gasteiger partial charge in [0.25, 0.3) is 0 Å². The average Bonchev–Trinajstić information content (AvgIpc) is 2.69. The Morgan fingerprint density at radius 3 is 2.81 bits per heavy atom. The summed E-state index contributed by atoms with van der Waals surface area (Å²) in [7, 11) is 0. The maximum atomic E-state index is 6.03. The van der Waals surface area contributed by atoms with Crippen LogP contribution in [0.15, 0.2) is 24.3 Å². The average molecular weight is 239 g/mol. The SMILES string of the molecule is CC(C)C(CCl)CC1COc2ccccc21. The first-order valence-corrected chi connectivity index (χ1v) is 6.53. The van der Waals surface area contributed by atoms with Gasteiger partial charge in [0, 0.05) is 17.4 Å². The van der Waals surface area contributed by atoms with E-state index in [-0.39, 0.29) is 0 Å². The molecule has 1 aliphatic rings. The van der Waals surface area contributed by atoms with E-state index in [1.807, 2.05) is 6.07 Å². The van der Waals surface area contributed by atoms with Crippen molar-refractivity contribution in [3.8, 4) is 5.75 Å². The lowest BCUT2D eigenvalue weighted by molar-refractivity contribution is 0.291. The molecule has 0 radical (unpaired) electrons. The topological polar surface area (TPSA) is 9.23 Å². The molecule has 16 heavy (non-hydrogen) atoms. The first kappa shape index (κ1) is 11.8. The predicted octanol–water partition coefficient (Wildman–Crippen LogP) is 4.06. The lowest BCUT2D eigenvalue weighted by atomic mass is 9.85. The van der Waals surface area contributed by atoms with E-state index in [4.69, 9.17) is 16.3 Å². The summed E-state index contributed by atoms with van der Waals surface area (Å²) in [6.45, 7) is 5.31. The zero-order chi connectivity index (χ0) is 11.5. The molecule has 0 aromatic heterocycles. The molecule has 1 nitrogen and oxygen atoms in total. The molecule has 0 spiro atoms. The summed E-state index contributed by atoms with van der Waals surface area (Å²) in [5.74, 6) is 3.56. The molecule has 2 rings (SSSR count). The van der Waals surface area contributed by atoms with Gasteiger partial charge in [-0.15, -0.1) is 11.6 Å². The van der Waals surface area contributed by atoms with Crippen LogP contribution in [0.2, 0.25) is 0 Å². The van der Waals surface area contributed by atoms with Crippen molar-refractivity contribution in [3.05, 3.63) is 29.8 Å². The summed E-state index contributed by atoms with van der Waals surface area (Å²) in [4.78, 5) is 0. The summed E-state index contributed by atoms with van der Waals surface area (Å²) in [6, 6.07) is 8.35. The van der Waals surface area contributed by atoms with Crippen LogP contribution in [0.4, 0.5) is 0 Å². The highest BCUT2D eigenvalue weighted by atomic mass is 35.5. The third kappa shape index (κ3) is 2.35.